The Kier molecular flexibility index (Phi) is 3.76. The van der Waals surface area contributed by atoms with Gasteiger partial charge in [0.15, 0.2) is 0 Å². The summed E-state index contributed by atoms with van der Waals surface area (Å²) < 4.78 is 0. The minimum Gasteiger partial charge on any atom is -0.279 e. The second-order valence-corrected chi connectivity index (χ2v) is 6.40. The van der Waals surface area contributed by atoms with Gasteiger partial charge >= 0.3 is 0 Å². The zero-order chi connectivity index (χ0) is 18.1. The molecule has 0 atom stereocenters. The molecular formula is C24H17N3. The molecule has 0 aliphatic carbocycles. The first-order valence-corrected chi connectivity index (χ1v) is 8.95. The van der Waals surface area contributed by atoms with E-state index in [2.05, 4.69) is 41.3 Å². The molecule has 0 amide bonds. The summed E-state index contributed by atoms with van der Waals surface area (Å²) in [4.78, 5) is 11.9. The van der Waals surface area contributed by atoms with Gasteiger partial charge in [-0.25, -0.2) is 9.97 Å². The van der Waals surface area contributed by atoms with Crippen LogP contribution in [0.25, 0.3) is 21.8 Å². The monoisotopic (exact) mass is 347 g/mol. The van der Waals surface area contributed by atoms with E-state index in [1.54, 1.807) is 0 Å². The number of rotatable bonds is 3. The molecule has 0 aliphatic heterocycles. The number of nitrogens with zero attached hydrogens (tertiary/aromatic N) is 3. The number of pyridine rings is 2. The maximum atomic E-state index is 4.89. The van der Waals surface area contributed by atoms with Gasteiger partial charge in [-0.3, -0.25) is 4.90 Å². The van der Waals surface area contributed by atoms with Crippen molar-refractivity contribution < 1.29 is 0 Å². The lowest BCUT2D eigenvalue weighted by atomic mass is 10.2. The van der Waals surface area contributed by atoms with E-state index in [9.17, 15) is 0 Å². The van der Waals surface area contributed by atoms with Crippen molar-refractivity contribution in [2.75, 3.05) is 4.90 Å². The van der Waals surface area contributed by atoms with Crippen molar-refractivity contribution in [2.24, 2.45) is 0 Å². The molecule has 0 saturated heterocycles. The minimum absolute atomic E-state index is 0.850. The average Bonchev–Trinajstić information content (AvgIpc) is 2.74. The Hall–Kier alpha value is -3.72. The fourth-order valence-electron chi connectivity index (χ4n) is 3.32. The highest BCUT2D eigenvalue weighted by Crippen LogP contribution is 2.33. The fraction of sp³-hybridized carbons (Fsp3) is 0. The summed E-state index contributed by atoms with van der Waals surface area (Å²) in [6, 6.07) is 34.9. The number of hydrogen-bond acceptors (Lipinski definition) is 3. The first-order chi connectivity index (χ1) is 13.4. The maximum absolute atomic E-state index is 4.89. The van der Waals surface area contributed by atoms with Crippen molar-refractivity contribution in [3.63, 3.8) is 0 Å². The quantitative estimate of drug-likeness (QED) is 0.386. The number of hydrogen-bond donors (Lipinski definition) is 0. The Morgan fingerprint density at radius 3 is 1.48 bits per heavy atom. The van der Waals surface area contributed by atoms with Crippen molar-refractivity contribution >= 4 is 39.1 Å². The van der Waals surface area contributed by atoms with E-state index < -0.39 is 0 Å². The lowest BCUT2D eigenvalue weighted by molar-refractivity contribution is 1.16. The van der Waals surface area contributed by atoms with Crippen molar-refractivity contribution in [1.29, 1.82) is 0 Å². The number of anilines is 3. The molecule has 0 fully saturated rings. The van der Waals surface area contributed by atoms with Gasteiger partial charge in [0.1, 0.15) is 11.6 Å². The van der Waals surface area contributed by atoms with Crippen LogP contribution in [-0.4, -0.2) is 9.97 Å². The molecule has 0 bridgehead atoms. The zero-order valence-electron chi connectivity index (χ0n) is 14.7. The van der Waals surface area contributed by atoms with Crippen LogP contribution < -0.4 is 4.90 Å². The van der Waals surface area contributed by atoms with Crippen LogP contribution in [0.3, 0.4) is 0 Å². The molecule has 0 N–H and O–H groups in total. The van der Waals surface area contributed by atoms with Gasteiger partial charge < -0.3 is 0 Å². The lowest BCUT2D eigenvalue weighted by Crippen LogP contribution is -2.13. The van der Waals surface area contributed by atoms with Crippen LogP contribution in [0.5, 0.6) is 0 Å². The third kappa shape index (κ3) is 2.89. The van der Waals surface area contributed by atoms with Crippen molar-refractivity contribution in [2.45, 2.75) is 0 Å². The molecule has 0 saturated carbocycles. The normalized spacial score (nSPS) is 11.0. The third-order valence-corrected chi connectivity index (χ3v) is 4.64. The molecule has 3 heteroatoms. The van der Waals surface area contributed by atoms with Crippen LogP contribution in [0.4, 0.5) is 17.3 Å². The summed E-state index contributed by atoms with van der Waals surface area (Å²) in [5, 5.41) is 2.25. The van der Waals surface area contributed by atoms with Crippen LogP contribution in [0.15, 0.2) is 103 Å². The Labute approximate surface area is 157 Å². The topological polar surface area (TPSA) is 29.0 Å². The molecular weight excluding hydrogens is 330 g/mol. The number of fused-ring (bicyclic) bond motifs is 2. The van der Waals surface area contributed by atoms with E-state index in [0.29, 0.717) is 0 Å². The van der Waals surface area contributed by atoms with E-state index >= 15 is 0 Å². The zero-order valence-corrected chi connectivity index (χ0v) is 14.7. The number of para-hydroxylation sites is 3. The Morgan fingerprint density at radius 1 is 0.444 bits per heavy atom. The van der Waals surface area contributed by atoms with Crippen LogP contribution >= 0.6 is 0 Å². The first-order valence-electron chi connectivity index (χ1n) is 8.95. The number of aromatic nitrogens is 2. The molecule has 0 aliphatic rings. The molecule has 0 radical (unpaired) electrons. The van der Waals surface area contributed by atoms with E-state index in [1.807, 2.05) is 66.7 Å². The molecule has 27 heavy (non-hydrogen) atoms. The predicted molar refractivity (Wildman–Crippen MR) is 112 cm³/mol. The Balaban J connectivity index is 1.72. The molecule has 2 aromatic heterocycles. The van der Waals surface area contributed by atoms with Crippen LogP contribution in [0.2, 0.25) is 0 Å². The number of benzene rings is 3. The van der Waals surface area contributed by atoms with Gasteiger partial charge in [-0.05, 0) is 48.5 Å². The van der Waals surface area contributed by atoms with E-state index in [4.69, 9.17) is 9.97 Å². The highest BCUT2D eigenvalue weighted by Gasteiger charge is 2.15. The van der Waals surface area contributed by atoms with Crippen molar-refractivity contribution in [1.82, 2.24) is 9.97 Å². The summed E-state index contributed by atoms with van der Waals surface area (Å²) in [7, 11) is 0. The van der Waals surface area contributed by atoms with Crippen molar-refractivity contribution in [3.8, 4) is 0 Å². The average molecular weight is 347 g/mol. The largest absolute Gasteiger partial charge is 0.279 e. The Bertz CT molecular complexity index is 1150. The van der Waals surface area contributed by atoms with E-state index in [0.717, 1.165) is 39.1 Å². The molecule has 128 valence electrons. The summed E-state index contributed by atoms with van der Waals surface area (Å²) in [5.74, 6) is 1.70. The highest BCUT2D eigenvalue weighted by atomic mass is 15.2. The standard InChI is InChI=1S/C24H17N3/c1-2-10-20(11-3-1)27(23-16-14-18-8-4-6-12-21(18)25-23)24-17-15-19-9-5-7-13-22(19)26-24/h1-17H. The fourth-order valence-corrected chi connectivity index (χ4v) is 3.32. The van der Waals surface area contributed by atoms with E-state index in [-0.39, 0.29) is 0 Å². The summed E-state index contributed by atoms with van der Waals surface area (Å²) >= 11 is 0. The predicted octanol–water partition coefficient (Wildman–Crippen LogP) is 6.25. The molecule has 2 heterocycles. The molecule has 5 aromatic rings. The summed E-state index contributed by atoms with van der Waals surface area (Å²) in [6.45, 7) is 0. The first kappa shape index (κ1) is 15.5. The maximum Gasteiger partial charge on any atom is 0.139 e. The molecule has 0 spiro atoms. The van der Waals surface area contributed by atoms with Gasteiger partial charge in [-0.2, -0.15) is 0 Å². The van der Waals surface area contributed by atoms with Gasteiger partial charge in [0, 0.05) is 16.5 Å². The summed E-state index contributed by atoms with van der Waals surface area (Å²) in [6.07, 6.45) is 0. The minimum atomic E-state index is 0.850. The van der Waals surface area contributed by atoms with E-state index in [1.165, 1.54) is 0 Å². The van der Waals surface area contributed by atoms with Crippen LogP contribution in [0.1, 0.15) is 0 Å². The van der Waals surface area contributed by atoms with Crippen molar-refractivity contribution in [3.05, 3.63) is 103 Å². The lowest BCUT2D eigenvalue weighted by Gasteiger charge is -2.23. The van der Waals surface area contributed by atoms with Gasteiger partial charge in [0.2, 0.25) is 0 Å². The third-order valence-electron chi connectivity index (χ3n) is 4.64. The van der Waals surface area contributed by atoms with Gasteiger partial charge in [0.05, 0.1) is 11.0 Å². The van der Waals surface area contributed by atoms with Crippen LogP contribution in [0, 0.1) is 0 Å². The van der Waals surface area contributed by atoms with Gasteiger partial charge in [-0.1, -0.05) is 54.6 Å². The molecule has 5 rings (SSSR count). The molecule has 3 nitrogen and oxygen atoms in total. The SMILES string of the molecule is c1ccc(N(c2ccc3ccccc3n2)c2ccc3ccccc3n2)cc1. The molecule has 0 unspecified atom stereocenters. The Morgan fingerprint density at radius 2 is 0.926 bits per heavy atom. The summed E-state index contributed by atoms with van der Waals surface area (Å²) in [5.41, 5.74) is 2.97. The second kappa shape index (κ2) is 6.54. The highest BCUT2D eigenvalue weighted by molar-refractivity contribution is 5.85. The smallest absolute Gasteiger partial charge is 0.139 e. The van der Waals surface area contributed by atoms with Gasteiger partial charge in [0.25, 0.3) is 0 Å². The van der Waals surface area contributed by atoms with Crippen LogP contribution in [-0.2, 0) is 0 Å². The molecule has 3 aromatic carbocycles. The second-order valence-electron chi connectivity index (χ2n) is 6.40. The van der Waals surface area contributed by atoms with Gasteiger partial charge in [-0.15, -0.1) is 0 Å².